The monoisotopic (exact) mass is 272 g/mol. The third kappa shape index (κ3) is 2.30. The number of para-hydroxylation sites is 2. The molecular formula is C16H20N2O2. The molecule has 1 saturated carbocycles. The second-order valence-electron chi connectivity index (χ2n) is 5.91. The van der Waals surface area contributed by atoms with Gasteiger partial charge < -0.3 is 9.80 Å². The molecule has 0 N–H and O–H groups in total. The lowest BCUT2D eigenvalue weighted by atomic mass is 10.1. The number of carbonyl (C=O) groups excluding carboxylic acids is 2. The minimum Gasteiger partial charge on any atom is -0.310 e. The molecule has 2 aliphatic rings. The molecule has 0 saturated heterocycles. The zero-order valence-corrected chi connectivity index (χ0v) is 12.0. The molecule has 1 aromatic rings. The molecule has 2 amide bonds. The van der Waals surface area contributed by atoms with Gasteiger partial charge in [-0.1, -0.05) is 19.1 Å². The van der Waals surface area contributed by atoms with E-state index in [9.17, 15) is 9.59 Å². The van der Waals surface area contributed by atoms with Gasteiger partial charge in [-0.05, 0) is 30.9 Å². The largest absolute Gasteiger partial charge is 0.310 e. The summed E-state index contributed by atoms with van der Waals surface area (Å²) in [6, 6.07) is 7.73. The zero-order chi connectivity index (χ0) is 14.3. The highest BCUT2D eigenvalue weighted by atomic mass is 16.2. The van der Waals surface area contributed by atoms with Crippen molar-refractivity contribution >= 4 is 23.2 Å². The molecule has 0 aromatic heterocycles. The van der Waals surface area contributed by atoms with E-state index in [0.29, 0.717) is 12.5 Å². The average Bonchev–Trinajstić information content (AvgIpc) is 3.25. The Kier molecular flexibility index (Phi) is 3.24. The fourth-order valence-electron chi connectivity index (χ4n) is 2.80. The van der Waals surface area contributed by atoms with Gasteiger partial charge >= 0.3 is 0 Å². The lowest BCUT2D eigenvalue weighted by Crippen LogP contribution is -2.38. The Bertz CT molecular complexity index is 551. The predicted molar refractivity (Wildman–Crippen MR) is 78.7 cm³/mol. The third-order valence-corrected chi connectivity index (χ3v) is 4.13. The second-order valence-corrected chi connectivity index (χ2v) is 5.91. The number of hydrogen-bond acceptors (Lipinski definition) is 2. The Balaban J connectivity index is 2.05. The first-order valence-corrected chi connectivity index (χ1v) is 7.26. The number of fused-ring (bicyclic) bond motifs is 1. The summed E-state index contributed by atoms with van der Waals surface area (Å²) in [4.78, 5) is 28.1. The molecule has 106 valence electrons. The summed E-state index contributed by atoms with van der Waals surface area (Å²) in [6.07, 6.45) is 2.41. The first-order valence-electron chi connectivity index (χ1n) is 7.26. The third-order valence-electron chi connectivity index (χ3n) is 4.13. The van der Waals surface area contributed by atoms with Crippen LogP contribution in [0.25, 0.3) is 0 Å². The Hall–Kier alpha value is -1.84. The standard InChI is InChI=1S/C16H20N2O2/c1-11-9-17(12(2)19)14-5-3-4-6-15(14)18(16(11)20)10-13-7-8-13/h3-6,11,13H,7-10H2,1-2H3/t11-/m0/s1. The lowest BCUT2D eigenvalue weighted by Gasteiger charge is -2.25. The number of anilines is 2. The summed E-state index contributed by atoms with van der Waals surface area (Å²) in [5, 5.41) is 0. The van der Waals surface area contributed by atoms with Gasteiger partial charge in [0.25, 0.3) is 0 Å². The van der Waals surface area contributed by atoms with Crippen LogP contribution in [0.2, 0.25) is 0 Å². The number of amides is 2. The van der Waals surface area contributed by atoms with Crippen LogP contribution in [-0.4, -0.2) is 24.9 Å². The summed E-state index contributed by atoms with van der Waals surface area (Å²) >= 11 is 0. The van der Waals surface area contributed by atoms with Gasteiger partial charge in [-0.25, -0.2) is 0 Å². The molecule has 3 rings (SSSR count). The fraction of sp³-hybridized carbons (Fsp3) is 0.500. The number of benzene rings is 1. The van der Waals surface area contributed by atoms with Gasteiger partial charge in [0, 0.05) is 20.0 Å². The van der Waals surface area contributed by atoms with Gasteiger partial charge in [0.1, 0.15) is 0 Å². The summed E-state index contributed by atoms with van der Waals surface area (Å²) in [7, 11) is 0. The van der Waals surface area contributed by atoms with Gasteiger partial charge in [0.15, 0.2) is 0 Å². The lowest BCUT2D eigenvalue weighted by molar-refractivity contribution is -0.121. The Morgan fingerprint density at radius 2 is 1.90 bits per heavy atom. The predicted octanol–water partition coefficient (Wildman–Crippen LogP) is 2.43. The Labute approximate surface area is 119 Å². The maximum absolute atomic E-state index is 12.6. The molecular weight excluding hydrogens is 252 g/mol. The van der Waals surface area contributed by atoms with Crippen LogP contribution in [0.4, 0.5) is 11.4 Å². The number of nitrogens with zero attached hydrogens (tertiary/aromatic N) is 2. The van der Waals surface area contributed by atoms with E-state index in [1.165, 1.54) is 12.8 Å². The molecule has 1 aromatic carbocycles. The van der Waals surface area contributed by atoms with Gasteiger partial charge in [-0.3, -0.25) is 9.59 Å². The van der Waals surface area contributed by atoms with Crippen molar-refractivity contribution in [3.63, 3.8) is 0 Å². The minimum absolute atomic E-state index is 0.00891. The molecule has 0 spiro atoms. The first kappa shape index (κ1) is 13.2. The van der Waals surface area contributed by atoms with Gasteiger partial charge in [0.05, 0.1) is 17.3 Å². The van der Waals surface area contributed by atoms with E-state index in [1.54, 1.807) is 11.8 Å². The molecule has 4 heteroatoms. The van der Waals surface area contributed by atoms with Crippen molar-refractivity contribution in [2.75, 3.05) is 22.9 Å². The molecule has 0 radical (unpaired) electrons. The van der Waals surface area contributed by atoms with Gasteiger partial charge in [-0.15, -0.1) is 0 Å². The van der Waals surface area contributed by atoms with E-state index in [4.69, 9.17) is 0 Å². The highest BCUT2D eigenvalue weighted by Gasteiger charge is 2.35. The van der Waals surface area contributed by atoms with Crippen LogP contribution in [0.3, 0.4) is 0 Å². The smallest absolute Gasteiger partial charge is 0.231 e. The summed E-state index contributed by atoms with van der Waals surface area (Å²) in [5.41, 5.74) is 1.74. The van der Waals surface area contributed by atoms with E-state index in [1.807, 2.05) is 36.1 Å². The van der Waals surface area contributed by atoms with Crippen LogP contribution in [0.1, 0.15) is 26.7 Å². The molecule has 20 heavy (non-hydrogen) atoms. The highest BCUT2D eigenvalue weighted by Crippen LogP contribution is 2.38. The van der Waals surface area contributed by atoms with Crippen molar-refractivity contribution in [1.29, 1.82) is 0 Å². The van der Waals surface area contributed by atoms with Crippen LogP contribution >= 0.6 is 0 Å². The summed E-state index contributed by atoms with van der Waals surface area (Å²) < 4.78 is 0. The van der Waals surface area contributed by atoms with Crippen LogP contribution in [0.15, 0.2) is 24.3 Å². The quantitative estimate of drug-likeness (QED) is 0.829. The van der Waals surface area contributed by atoms with E-state index in [-0.39, 0.29) is 17.7 Å². The highest BCUT2D eigenvalue weighted by molar-refractivity contribution is 6.05. The number of hydrogen-bond donors (Lipinski definition) is 0. The van der Waals surface area contributed by atoms with Crippen molar-refractivity contribution < 1.29 is 9.59 Å². The number of carbonyl (C=O) groups is 2. The molecule has 1 aliphatic carbocycles. The van der Waals surface area contributed by atoms with Gasteiger partial charge in [-0.2, -0.15) is 0 Å². The molecule has 1 aliphatic heterocycles. The van der Waals surface area contributed by atoms with Crippen molar-refractivity contribution in [3.8, 4) is 0 Å². The van der Waals surface area contributed by atoms with Crippen molar-refractivity contribution in [2.45, 2.75) is 26.7 Å². The van der Waals surface area contributed by atoms with E-state index in [2.05, 4.69) is 0 Å². The molecule has 4 nitrogen and oxygen atoms in total. The van der Waals surface area contributed by atoms with E-state index < -0.39 is 0 Å². The maximum atomic E-state index is 12.6. The molecule has 1 fully saturated rings. The Morgan fingerprint density at radius 3 is 2.50 bits per heavy atom. The Morgan fingerprint density at radius 1 is 1.25 bits per heavy atom. The van der Waals surface area contributed by atoms with E-state index in [0.717, 1.165) is 17.9 Å². The van der Waals surface area contributed by atoms with Crippen molar-refractivity contribution in [1.82, 2.24) is 0 Å². The minimum atomic E-state index is -0.162. The molecule has 1 atom stereocenters. The fourth-order valence-corrected chi connectivity index (χ4v) is 2.80. The van der Waals surface area contributed by atoms with Crippen LogP contribution in [0, 0.1) is 11.8 Å². The van der Waals surface area contributed by atoms with Crippen LogP contribution < -0.4 is 9.80 Å². The molecule has 0 bridgehead atoms. The van der Waals surface area contributed by atoms with Crippen LogP contribution in [-0.2, 0) is 9.59 Å². The van der Waals surface area contributed by atoms with E-state index >= 15 is 0 Å². The second kappa shape index (κ2) is 4.93. The molecule has 0 unspecified atom stereocenters. The first-order chi connectivity index (χ1) is 9.58. The average molecular weight is 272 g/mol. The van der Waals surface area contributed by atoms with Crippen LogP contribution in [0.5, 0.6) is 0 Å². The maximum Gasteiger partial charge on any atom is 0.231 e. The summed E-state index contributed by atoms with van der Waals surface area (Å²) in [5.74, 6) is 0.589. The normalized spacial score (nSPS) is 22.5. The number of rotatable bonds is 2. The van der Waals surface area contributed by atoms with Crippen molar-refractivity contribution in [2.24, 2.45) is 11.8 Å². The van der Waals surface area contributed by atoms with Gasteiger partial charge in [0.2, 0.25) is 11.8 Å². The van der Waals surface area contributed by atoms with Crippen molar-refractivity contribution in [3.05, 3.63) is 24.3 Å². The SMILES string of the molecule is CC(=O)N1C[C@H](C)C(=O)N(CC2CC2)c2ccccc21. The summed E-state index contributed by atoms with van der Waals surface area (Å²) in [6.45, 7) is 4.72. The topological polar surface area (TPSA) is 40.6 Å². The molecule has 1 heterocycles. The zero-order valence-electron chi connectivity index (χ0n) is 12.0.